The highest BCUT2D eigenvalue weighted by Gasteiger charge is 2.18. The van der Waals surface area contributed by atoms with Gasteiger partial charge in [-0.25, -0.2) is 0 Å². The van der Waals surface area contributed by atoms with E-state index in [2.05, 4.69) is 69.0 Å². The third-order valence-corrected chi connectivity index (χ3v) is 5.14. The van der Waals surface area contributed by atoms with Gasteiger partial charge < -0.3 is 9.80 Å². The first-order valence-corrected chi connectivity index (χ1v) is 9.20. The molecule has 1 aromatic heterocycles. The summed E-state index contributed by atoms with van der Waals surface area (Å²) in [5, 5.41) is 0. The van der Waals surface area contributed by atoms with Crippen molar-refractivity contribution in [2.45, 2.75) is 19.4 Å². The summed E-state index contributed by atoms with van der Waals surface area (Å²) in [5.41, 5.74) is 2.41. The summed E-state index contributed by atoms with van der Waals surface area (Å²) in [6, 6.07) is 11.2. The van der Waals surface area contributed by atoms with Gasteiger partial charge in [0.25, 0.3) is 0 Å². The summed E-state index contributed by atoms with van der Waals surface area (Å²) in [6.45, 7) is 8.99. The summed E-state index contributed by atoms with van der Waals surface area (Å²) in [7, 11) is 2.21. The van der Waals surface area contributed by atoms with E-state index in [4.69, 9.17) is 0 Å². The molecule has 5 nitrogen and oxygen atoms in total. The molecule has 2 aromatic rings. The highest BCUT2D eigenvalue weighted by molar-refractivity contribution is 5.46. The maximum atomic E-state index is 4.38. The van der Waals surface area contributed by atoms with Crippen molar-refractivity contribution >= 4 is 5.69 Å². The summed E-state index contributed by atoms with van der Waals surface area (Å²) in [4.78, 5) is 16.0. The molecule has 0 unspecified atom stereocenters. The van der Waals surface area contributed by atoms with Gasteiger partial charge in [-0.2, -0.15) is 0 Å². The van der Waals surface area contributed by atoms with Crippen molar-refractivity contribution in [2.75, 3.05) is 51.2 Å². The molecule has 0 saturated carbocycles. The second kappa shape index (κ2) is 8.92. The van der Waals surface area contributed by atoms with Crippen LogP contribution in [0.1, 0.15) is 12.6 Å². The average Bonchev–Trinajstić information content (AvgIpc) is 2.68. The van der Waals surface area contributed by atoms with Crippen LogP contribution < -0.4 is 4.90 Å². The van der Waals surface area contributed by atoms with Crippen LogP contribution in [0.25, 0.3) is 0 Å². The van der Waals surface area contributed by atoms with Gasteiger partial charge in [0, 0.05) is 76.0 Å². The van der Waals surface area contributed by atoms with Gasteiger partial charge in [-0.3, -0.25) is 14.9 Å². The number of hydrogen-bond donors (Lipinski definition) is 0. The van der Waals surface area contributed by atoms with E-state index in [1.54, 1.807) is 12.4 Å². The van der Waals surface area contributed by atoms with E-state index in [0.717, 1.165) is 51.4 Å². The highest BCUT2D eigenvalue weighted by atomic mass is 15.3. The maximum Gasteiger partial charge on any atom is 0.0602 e. The first-order chi connectivity index (χ1) is 12.2. The minimum absolute atomic E-state index is 0.474. The Labute approximate surface area is 151 Å². The fourth-order valence-corrected chi connectivity index (χ4v) is 3.28. The molecule has 0 radical (unpaired) electrons. The molecule has 1 aliphatic heterocycles. The van der Waals surface area contributed by atoms with E-state index in [1.165, 1.54) is 5.69 Å². The van der Waals surface area contributed by atoms with Crippen molar-refractivity contribution in [1.29, 1.82) is 0 Å². The number of para-hydroxylation sites is 1. The number of anilines is 1. The second-order valence-electron chi connectivity index (χ2n) is 6.89. The maximum absolute atomic E-state index is 4.38. The lowest BCUT2D eigenvalue weighted by Crippen LogP contribution is -2.49. The number of nitrogens with zero attached hydrogens (tertiary/aromatic N) is 5. The van der Waals surface area contributed by atoms with Gasteiger partial charge in [-0.1, -0.05) is 18.2 Å². The number of piperazine rings is 1. The van der Waals surface area contributed by atoms with Crippen LogP contribution in [0, 0.1) is 0 Å². The van der Waals surface area contributed by atoms with Crippen molar-refractivity contribution in [2.24, 2.45) is 0 Å². The van der Waals surface area contributed by atoms with E-state index in [9.17, 15) is 0 Å². The highest BCUT2D eigenvalue weighted by Crippen LogP contribution is 2.15. The fraction of sp³-hybridized carbons (Fsp3) is 0.500. The largest absolute Gasteiger partial charge is 0.369 e. The Bertz CT molecular complexity index is 610. The van der Waals surface area contributed by atoms with E-state index in [1.807, 2.05) is 6.20 Å². The standard InChI is InChI=1S/C20H29N5/c1-18(16-19-17-21-8-9-22-19)23(2)10-11-24-12-14-25(15-13-24)20-6-4-3-5-7-20/h3-9,17-18H,10-16H2,1-2H3/t18-/m1/s1. The van der Waals surface area contributed by atoms with Crippen molar-refractivity contribution in [3.05, 3.63) is 54.6 Å². The molecule has 3 rings (SSSR count). The summed E-state index contributed by atoms with van der Waals surface area (Å²) < 4.78 is 0. The zero-order valence-electron chi connectivity index (χ0n) is 15.4. The Morgan fingerprint density at radius 1 is 1.08 bits per heavy atom. The lowest BCUT2D eigenvalue weighted by molar-refractivity contribution is 0.188. The molecule has 134 valence electrons. The number of benzene rings is 1. The molecule has 0 spiro atoms. The Kier molecular flexibility index (Phi) is 6.36. The first-order valence-electron chi connectivity index (χ1n) is 9.20. The lowest BCUT2D eigenvalue weighted by Gasteiger charge is -2.37. The van der Waals surface area contributed by atoms with Crippen molar-refractivity contribution in [3.8, 4) is 0 Å². The lowest BCUT2D eigenvalue weighted by atomic mass is 10.1. The molecule has 2 heterocycles. The molecule has 1 aromatic carbocycles. The Hall–Kier alpha value is -1.98. The molecule has 0 amide bonds. The van der Waals surface area contributed by atoms with E-state index < -0.39 is 0 Å². The average molecular weight is 339 g/mol. The molecule has 1 fully saturated rings. The third-order valence-electron chi connectivity index (χ3n) is 5.14. The second-order valence-corrected chi connectivity index (χ2v) is 6.89. The van der Waals surface area contributed by atoms with Crippen LogP contribution in [0.2, 0.25) is 0 Å². The van der Waals surface area contributed by atoms with Crippen molar-refractivity contribution < 1.29 is 0 Å². The van der Waals surface area contributed by atoms with Gasteiger partial charge in [0.2, 0.25) is 0 Å². The quantitative estimate of drug-likeness (QED) is 0.772. The van der Waals surface area contributed by atoms with Crippen LogP contribution in [0.5, 0.6) is 0 Å². The molecule has 25 heavy (non-hydrogen) atoms. The Morgan fingerprint density at radius 2 is 1.84 bits per heavy atom. The third kappa shape index (κ3) is 5.25. The molecule has 0 bridgehead atoms. The van der Waals surface area contributed by atoms with Crippen LogP contribution in [0.3, 0.4) is 0 Å². The fourth-order valence-electron chi connectivity index (χ4n) is 3.28. The molecular weight excluding hydrogens is 310 g/mol. The Balaban J connectivity index is 1.39. The van der Waals surface area contributed by atoms with Crippen molar-refractivity contribution in [3.63, 3.8) is 0 Å². The molecular formula is C20H29N5. The van der Waals surface area contributed by atoms with Crippen molar-refractivity contribution in [1.82, 2.24) is 19.8 Å². The molecule has 1 atom stereocenters. The van der Waals surface area contributed by atoms with E-state index in [-0.39, 0.29) is 0 Å². The molecule has 5 heteroatoms. The van der Waals surface area contributed by atoms with Gasteiger partial charge in [-0.05, 0) is 26.1 Å². The van der Waals surface area contributed by atoms with Crippen LogP contribution >= 0.6 is 0 Å². The molecule has 0 N–H and O–H groups in total. The minimum atomic E-state index is 0.474. The van der Waals surface area contributed by atoms with Gasteiger partial charge in [0.05, 0.1) is 5.69 Å². The van der Waals surface area contributed by atoms with Gasteiger partial charge in [-0.15, -0.1) is 0 Å². The van der Waals surface area contributed by atoms with Gasteiger partial charge >= 0.3 is 0 Å². The zero-order valence-corrected chi connectivity index (χ0v) is 15.4. The number of hydrogen-bond acceptors (Lipinski definition) is 5. The van der Waals surface area contributed by atoms with Gasteiger partial charge in [0.1, 0.15) is 0 Å². The van der Waals surface area contributed by atoms with E-state index in [0.29, 0.717) is 6.04 Å². The smallest absolute Gasteiger partial charge is 0.0602 e. The minimum Gasteiger partial charge on any atom is -0.369 e. The van der Waals surface area contributed by atoms with Gasteiger partial charge in [0.15, 0.2) is 0 Å². The zero-order chi connectivity index (χ0) is 17.5. The number of likely N-dealkylation sites (N-methyl/N-ethyl adjacent to an activating group) is 1. The molecule has 1 aliphatic rings. The van der Waals surface area contributed by atoms with Crippen LogP contribution in [-0.4, -0.2) is 72.1 Å². The Morgan fingerprint density at radius 3 is 2.52 bits per heavy atom. The summed E-state index contributed by atoms with van der Waals surface area (Å²) in [6.07, 6.45) is 6.32. The SMILES string of the molecule is C[C@H](Cc1cnccn1)N(C)CCN1CCN(c2ccccc2)CC1. The molecule has 1 saturated heterocycles. The summed E-state index contributed by atoms with van der Waals surface area (Å²) >= 11 is 0. The first kappa shape index (κ1) is 17.8. The monoisotopic (exact) mass is 339 g/mol. The summed E-state index contributed by atoms with van der Waals surface area (Å²) in [5.74, 6) is 0. The normalized spacial score (nSPS) is 17.0. The predicted octanol–water partition coefficient (Wildman–Crippen LogP) is 2.16. The van der Waals surface area contributed by atoms with Crippen LogP contribution in [0.15, 0.2) is 48.9 Å². The number of aromatic nitrogens is 2. The van der Waals surface area contributed by atoms with Crippen LogP contribution in [-0.2, 0) is 6.42 Å². The molecule has 0 aliphatic carbocycles. The predicted molar refractivity (Wildman–Crippen MR) is 103 cm³/mol. The topological polar surface area (TPSA) is 35.5 Å². The van der Waals surface area contributed by atoms with Crippen LogP contribution in [0.4, 0.5) is 5.69 Å². The number of rotatable bonds is 7. The van der Waals surface area contributed by atoms with E-state index >= 15 is 0 Å².